The number of hydrogen-bond acceptors (Lipinski definition) is 2. The molecule has 0 radical (unpaired) electrons. The molecule has 0 spiro atoms. The largest absolute Gasteiger partial charge is 0.290 e. The van der Waals surface area contributed by atoms with Crippen molar-refractivity contribution in [2.75, 3.05) is 11.9 Å². The standard InChI is InChI=1S/C16H25N3/c1-5-7-8-14(6-2)11-18-16-15(10-17)12(3)9-13(4)19-16/h9,14H,5-8,11H2,1-4H3,(H,18,19)/p+1. The van der Waals surface area contributed by atoms with Crippen molar-refractivity contribution in [2.45, 2.75) is 53.4 Å². The van der Waals surface area contributed by atoms with Crippen molar-refractivity contribution in [3.63, 3.8) is 0 Å². The van der Waals surface area contributed by atoms with E-state index in [0.717, 1.165) is 29.2 Å². The lowest BCUT2D eigenvalue weighted by Gasteiger charge is -2.13. The van der Waals surface area contributed by atoms with Crippen LogP contribution >= 0.6 is 0 Å². The molecule has 0 aromatic carbocycles. The van der Waals surface area contributed by atoms with Gasteiger partial charge in [-0.3, -0.25) is 5.32 Å². The molecule has 0 saturated carbocycles. The fourth-order valence-corrected chi connectivity index (χ4v) is 2.36. The predicted molar refractivity (Wildman–Crippen MR) is 79.0 cm³/mol. The molecule has 1 atom stereocenters. The molecular formula is C16H26N3+. The van der Waals surface area contributed by atoms with Crippen LogP contribution in [0.5, 0.6) is 0 Å². The van der Waals surface area contributed by atoms with Gasteiger partial charge in [-0.2, -0.15) is 5.26 Å². The number of aromatic nitrogens is 1. The van der Waals surface area contributed by atoms with Gasteiger partial charge in [-0.05, 0) is 44.2 Å². The summed E-state index contributed by atoms with van der Waals surface area (Å²) in [5.74, 6) is 1.55. The molecule has 1 aromatic rings. The molecule has 0 saturated heterocycles. The van der Waals surface area contributed by atoms with Crippen LogP contribution in [0.15, 0.2) is 6.07 Å². The monoisotopic (exact) mass is 260 g/mol. The van der Waals surface area contributed by atoms with Crippen LogP contribution in [0.3, 0.4) is 0 Å². The molecule has 3 nitrogen and oxygen atoms in total. The molecule has 0 fully saturated rings. The quantitative estimate of drug-likeness (QED) is 0.814. The molecule has 1 unspecified atom stereocenters. The number of H-pyrrole nitrogens is 1. The van der Waals surface area contributed by atoms with Gasteiger partial charge < -0.3 is 0 Å². The Morgan fingerprint density at radius 3 is 2.68 bits per heavy atom. The van der Waals surface area contributed by atoms with E-state index in [1.165, 1.54) is 25.7 Å². The lowest BCUT2D eigenvalue weighted by atomic mass is 9.99. The number of pyridine rings is 1. The highest BCUT2D eigenvalue weighted by Gasteiger charge is 2.16. The Bertz CT molecular complexity index is 446. The number of aryl methyl sites for hydroxylation is 2. The zero-order chi connectivity index (χ0) is 14.3. The second-order valence-electron chi connectivity index (χ2n) is 5.29. The van der Waals surface area contributed by atoms with Crippen molar-refractivity contribution in [3.05, 3.63) is 22.9 Å². The minimum Gasteiger partial charge on any atom is -0.273 e. The van der Waals surface area contributed by atoms with Crippen molar-refractivity contribution < 1.29 is 4.98 Å². The summed E-state index contributed by atoms with van der Waals surface area (Å²) in [7, 11) is 0. The molecule has 0 aliphatic rings. The van der Waals surface area contributed by atoms with Gasteiger partial charge >= 0.3 is 0 Å². The lowest BCUT2D eigenvalue weighted by molar-refractivity contribution is -0.371. The molecule has 104 valence electrons. The first-order valence-electron chi connectivity index (χ1n) is 7.29. The number of nitrogens with one attached hydrogen (secondary N) is 2. The Morgan fingerprint density at radius 1 is 1.37 bits per heavy atom. The van der Waals surface area contributed by atoms with Crippen LogP contribution in [-0.4, -0.2) is 6.54 Å². The highest BCUT2D eigenvalue weighted by Crippen LogP contribution is 2.17. The fraction of sp³-hybridized carbons (Fsp3) is 0.625. The zero-order valence-electron chi connectivity index (χ0n) is 12.6. The average molecular weight is 260 g/mol. The van der Waals surface area contributed by atoms with Gasteiger partial charge in [0.1, 0.15) is 11.6 Å². The number of nitriles is 1. The van der Waals surface area contributed by atoms with E-state index in [1.54, 1.807) is 0 Å². The van der Waals surface area contributed by atoms with Crippen molar-refractivity contribution in [2.24, 2.45) is 5.92 Å². The summed E-state index contributed by atoms with van der Waals surface area (Å²) in [6.07, 6.45) is 4.96. The van der Waals surface area contributed by atoms with Gasteiger partial charge in [-0.15, -0.1) is 0 Å². The van der Waals surface area contributed by atoms with Crippen LogP contribution in [0, 0.1) is 31.1 Å². The molecule has 1 rings (SSSR count). The summed E-state index contributed by atoms with van der Waals surface area (Å²) in [6.45, 7) is 9.40. The Labute approximate surface area is 117 Å². The number of hydrogen-bond donors (Lipinski definition) is 1. The Kier molecular flexibility index (Phi) is 6.35. The van der Waals surface area contributed by atoms with E-state index in [0.29, 0.717) is 5.92 Å². The minimum absolute atomic E-state index is 0.681. The minimum atomic E-state index is 0.681. The third-order valence-electron chi connectivity index (χ3n) is 3.62. The van der Waals surface area contributed by atoms with Gasteiger partial charge in [-0.1, -0.05) is 26.7 Å². The first kappa shape index (κ1) is 15.5. The summed E-state index contributed by atoms with van der Waals surface area (Å²) in [6, 6.07) is 4.29. The zero-order valence-corrected chi connectivity index (χ0v) is 12.6. The highest BCUT2D eigenvalue weighted by molar-refractivity contribution is 5.52. The van der Waals surface area contributed by atoms with Crippen molar-refractivity contribution in [3.8, 4) is 6.07 Å². The first-order chi connectivity index (χ1) is 9.12. The fourth-order valence-electron chi connectivity index (χ4n) is 2.36. The SMILES string of the molecule is CCCCC(CC)CNc1[nH+]c(C)cc(C)c1C#N. The van der Waals surface area contributed by atoms with Gasteiger partial charge in [0.15, 0.2) is 0 Å². The second kappa shape index (κ2) is 7.78. The van der Waals surface area contributed by atoms with Crippen LogP contribution < -0.4 is 10.3 Å². The summed E-state index contributed by atoms with van der Waals surface area (Å²) in [5, 5.41) is 12.7. The predicted octanol–water partition coefficient (Wildman–Crippen LogP) is 3.62. The van der Waals surface area contributed by atoms with Crippen LogP contribution in [0.25, 0.3) is 0 Å². The Morgan fingerprint density at radius 2 is 2.11 bits per heavy atom. The first-order valence-corrected chi connectivity index (χ1v) is 7.29. The topological polar surface area (TPSA) is 50.0 Å². The molecule has 3 heteroatoms. The van der Waals surface area contributed by atoms with Crippen molar-refractivity contribution in [1.29, 1.82) is 5.26 Å². The van der Waals surface area contributed by atoms with E-state index < -0.39 is 0 Å². The highest BCUT2D eigenvalue weighted by atomic mass is 15.0. The van der Waals surface area contributed by atoms with Crippen LogP contribution in [0.2, 0.25) is 0 Å². The van der Waals surface area contributed by atoms with Crippen LogP contribution in [0.4, 0.5) is 5.82 Å². The van der Waals surface area contributed by atoms with Crippen LogP contribution in [0.1, 0.15) is 56.4 Å². The molecule has 19 heavy (non-hydrogen) atoms. The maximum absolute atomic E-state index is 9.24. The maximum Gasteiger partial charge on any atom is 0.290 e. The van der Waals surface area contributed by atoms with E-state index in [2.05, 4.69) is 30.2 Å². The summed E-state index contributed by atoms with van der Waals surface area (Å²) in [4.78, 5) is 3.27. The van der Waals surface area contributed by atoms with E-state index in [-0.39, 0.29) is 0 Å². The Balaban J connectivity index is 2.74. The van der Waals surface area contributed by atoms with Crippen molar-refractivity contribution >= 4 is 5.82 Å². The molecule has 0 aliphatic carbocycles. The van der Waals surface area contributed by atoms with Gasteiger partial charge in [0.25, 0.3) is 5.82 Å². The third-order valence-corrected chi connectivity index (χ3v) is 3.62. The van der Waals surface area contributed by atoms with E-state index in [9.17, 15) is 5.26 Å². The summed E-state index contributed by atoms with van der Waals surface area (Å²) >= 11 is 0. The van der Waals surface area contributed by atoms with Crippen LogP contribution in [-0.2, 0) is 0 Å². The second-order valence-corrected chi connectivity index (χ2v) is 5.29. The van der Waals surface area contributed by atoms with Gasteiger partial charge in [0.2, 0.25) is 0 Å². The van der Waals surface area contributed by atoms with E-state index in [4.69, 9.17) is 0 Å². The number of nitrogens with zero attached hydrogens (tertiary/aromatic N) is 1. The molecule has 0 aliphatic heterocycles. The molecular weight excluding hydrogens is 234 g/mol. The lowest BCUT2D eigenvalue weighted by Crippen LogP contribution is -2.23. The third kappa shape index (κ3) is 4.55. The van der Waals surface area contributed by atoms with Crippen molar-refractivity contribution in [1.82, 2.24) is 0 Å². The van der Waals surface area contributed by atoms with Gasteiger partial charge in [-0.25, -0.2) is 4.98 Å². The molecule has 0 amide bonds. The molecule has 1 heterocycles. The normalized spacial score (nSPS) is 11.9. The number of aromatic amines is 1. The summed E-state index contributed by atoms with van der Waals surface area (Å²) in [5.41, 5.74) is 2.85. The molecule has 2 N–H and O–H groups in total. The number of unbranched alkanes of at least 4 members (excludes halogenated alkanes) is 1. The number of rotatable bonds is 7. The molecule has 0 bridgehead atoms. The number of anilines is 1. The smallest absolute Gasteiger partial charge is 0.273 e. The summed E-state index contributed by atoms with van der Waals surface area (Å²) < 4.78 is 0. The van der Waals surface area contributed by atoms with E-state index in [1.807, 2.05) is 19.9 Å². The Hall–Kier alpha value is -1.56. The average Bonchev–Trinajstić information content (AvgIpc) is 2.38. The van der Waals surface area contributed by atoms with Gasteiger partial charge in [0.05, 0.1) is 12.2 Å². The van der Waals surface area contributed by atoms with Gasteiger partial charge in [0, 0.05) is 0 Å². The maximum atomic E-state index is 9.24. The molecule has 1 aromatic heterocycles. The van der Waals surface area contributed by atoms with E-state index >= 15 is 0 Å².